The molecule has 170 valence electrons. The number of hydrogen-bond acceptors (Lipinski definition) is 6. The van der Waals surface area contributed by atoms with Crippen LogP contribution in [-0.4, -0.2) is 30.7 Å². The molecule has 0 aliphatic heterocycles. The first kappa shape index (κ1) is 22.6. The molecule has 4 aromatic rings. The molecule has 0 bridgehead atoms. The lowest BCUT2D eigenvalue weighted by Gasteiger charge is -2.21. The molecule has 0 aliphatic rings. The molecule has 0 radical (unpaired) electrons. The molecule has 0 saturated carbocycles. The molecule has 0 saturated heterocycles. The average Bonchev–Trinajstić information content (AvgIpc) is 2.85. The van der Waals surface area contributed by atoms with Crippen molar-refractivity contribution in [2.75, 3.05) is 26.1 Å². The molecule has 3 aromatic carbocycles. The molecule has 1 atom stereocenters. The highest BCUT2D eigenvalue weighted by molar-refractivity contribution is 5.93. The predicted molar refractivity (Wildman–Crippen MR) is 133 cm³/mol. The number of aromatic nitrogens is 2. The van der Waals surface area contributed by atoms with E-state index in [0.29, 0.717) is 23.2 Å². The van der Waals surface area contributed by atoms with E-state index in [1.807, 2.05) is 18.2 Å². The number of nitrogens with one attached hydrogen (secondary N) is 2. The molecular formula is C27H30N4O2. The third kappa shape index (κ3) is 5.23. The van der Waals surface area contributed by atoms with E-state index >= 15 is 0 Å². The second-order valence-corrected chi connectivity index (χ2v) is 8.34. The Morgan fingerprint density at radius 1 is 0.818 bits per heavy atom. The summed E-state index contributed by atoms with van der Waals surface area (Å²) in [4.78, 5) is 8.83. The van der Waals surface area contributed by atoms with E-state index in [9.17, 15) is 0 Å². The molecular weight excluding hydrogens is 412 g/mol. The maximum absolute atomic E-state index is 5.46. The molecule has 1 heterocycles. The zero-order valence-electron chi connectivity index (χ0n) is 19.5. The topological polar surface area (TPSA) is 68.3 Å². The fourth-order valence-electron chi connectivity index (χ4n) is 3.81. The van der Waals surface area contributed by atoms with E-state index in [1.165, 1.54) is 11.1 Å². The van der Waals surface area contributed by atoms with Gasteiger partial charge < -0.3 is 20.1 Å². The first-order chi connectivity index (χ1) is 16.1. The molecule has 6 heteroatoms. The van der Waals surface area contributed by atoms with Gasteiger partial charge >= 0.3 is 0 Å². The van der Waals surface area contributed by atoms with Gasteiger partial charge in [-0.05, 0) is 41.8 Å². The molecule has 4 rings (SSSR count). The van der Waals surface area contributed by atoms with E-state index < -0.39 is 0 Å². The van der Waals surface area contributed by atoms with Gasteiger partial charge in [0.05, 0.1) is 25.8 Å². The van der Waals surface area contributed by atoms with Gasteiger partial charge in [-0.15, -0.1) is 0 Å². The first-order valence-corrected chi connectivity index (χ1v) is 11.1. The molecule has 0 spiro atoms. The van der Waals surface area contributed by atoms with Gasteiger partial charge in [0.1, 0.15) is 12.1 Å². The molecule has 2 N–H and O–H groups in total. The van der Waals surface area contributed by atoms with Gasteiger partial charge in [-0.25, -0.2) is 9.97 Å². The van der Waals surface area contributed by atoms with Crippen LogP contribution in [-0.2, 0) is 0 Å². The zero-order valence-corrected chi connectivity index (χ0v) is 19.5. The second-order valence-electron chi connectivity index (χ2n) is 8.34. The van der Waals surface area contributed by atoms with Crippen LogP contribution in [0.25, 0.3) is 10.9 Å². The number of benzene rings is 3. The van der Waals surface area contributed by atoms with E-state index in [1.54, 1.807) is 20.5 Å². The Bertz CT molecular complexity index is 1190. The molecule has 0 fully saturated rings. The standard InChI is InChI=1S/C27H30N4O2/c1-18(2)16-28-26(19-8-6-5-7-9-19)20-10-12-21(13-11-20)31-27-22-14-24(32-3)25(33-4)15-23(22)29-17-30-27/h5-15,17-18,26,28H,16H2,1-4H3,(H,29,30,31)/t26-/m1/s1. The van der Waals surface area contributed by atoms with Crippen LogP contribution in [0.1, 0.15) is 31.0 Å². The minimum absolute atomic E-state index is 0.138. The SMILES string of the molecule is COc1cc2ncnc(Nc3ccc([C@H](NCC(C)C)c4ccccc4)cc3)c2cc1OC. The Morgan fingerprint density at radius 3 is 2.15 bits per heavy atom. The number of fused-ring (bicyclic) bond motifs is 1. The molecule has 6 nitrogen and oxygen atoms in total. The summed E-state index contributed by atoms with van der Waals surface area (Å²) in [6.07, 6.45) is 1.55. The van der Waals surface area contributed by atoms with Gasteiger partial charge in [0.15, 0.2) is 11.5 Å². The fourth-order valence-corrected chi connectivity index (χ4v) is 3.81. The average molecular weight is 443 g/mol. The Morgan fingerprint density at radius 2 is 1.48 bits per heavy atom. The van der Waals surface area contributed by atoms with Gasteiger partial charge in [-0.2, -0.15) is 0 Å². The number of methoxy groups -OCH3 is 2. The molecule has 33 heavy (non-hydrogen) atoms. The maximum Gasteiger partial charge on any atom is 0.162 e. The van der Waals surface area contributed by atoms with Crippen LogP contribution in [0.5, 0.6) is 11.5 Å². The lowest BCUT2D eigenvalue weighted by atomic mass is 9.98. The Labute approximate surface area is 195 Å². The molecule has 0 amide bonds. The monoisotopic (exact) mass is 442 g/mol. The zero-order chi connectivity index (χ0) is 23.2. The van der Waals surface area contributed by atoms with E-state index in [0.717, 1.165) is 23.1 Å². The van der Waals surface area contributed by atoms with E-state index in [-0.39, 0.29) is 6.04 Å². The van der Waals surface area contributed by atoms with Crippen molar-refractivity contribution in [2.24, 2.45) is 5.92 Å². The van der Waals surface area contributed by atoms with E-state index in [4.69, 9.17) is 9.47 Å². The molecule has 0 aliphatic carbocycles. The second kappa shape index (κ2) is 10.3. The quantitative estimate of drug-likeness (QED) is 0.345. The number of hydrogen-bond donors (Lipinski definition) is 2. The highest BCUT2D eigenvalue weighted by atomic mass is 16.5. The van der Waals surface area contributed by atoms with E-state index in [2.05, 4.69) is 83.0 Å². The third-order valence-corrected chi connectivity index (χ3v) is 5.51. The van der Waals surface area contributed by atoms with Gasteiger partial charge in [0, 0.05) is 17.1 Å². The highest BCUT2D eigenvalue weighted by Crippen LogP contribution is 2.34. The lowest BCUT2D eigenvalue weighted by molar-refractivity contribution is 0.356. The van der Waals surface area contributed by atoms with Crippen molar-refractivity contribution in [1.29, 1.82) is 0 Å². The van der Waals surface area contributed by atoms with Crippen LogP contribution in [0, 0.1) is 5.92 Å². The highest BCUT2D eigenvalue weighted by Gasteiger charge is 2.15. The van der Waals surface area contributed by atoms with Gasteiger partial charge in [-0.3, -0.25) is 0 Å². The van der Waals surface area contributed by atoms with Crippen molar-refractivity contribution < 1.29 is 9.47 Å². The first-order valence-electron chi connectivity index (χ1n) is 11.1. The van der Waals surface area contributed by atoms with Crippen molar-refractivity contribution >= 4 is 22.4 Å². The van der Waals surface area contributed by atoms with Gasteiger partial charge in [-0.1, -0.05) is 56.3 Å². The lowest BCUT2D eigenvalue weighted by Crippen LogP contribution is -2.26. The summed E-state index contributed by atoms with van der Waals surface area (Å²) in [5.74, 6) is 2.56. The van der Waals surface area contributed by atoms with Crippen LogP contribution < -0.4 is 20.1 Å². The summed E-state index contributed by atoms with van der Waals surface area (Å²) in [7, 11) is 3.24. The van der Waals surface area contributed by atoms with Gasteiger partial charge in [0.2, 0.25) is 0 Å². The fraction of sp³-hybridized carbons (Fsp3) is 0.259. The van der Waals surface area contributed by atoms with Crippen molar-refractivity contribution in [2.45, 2.75) is 19.9 Å². The summed E-state index contributed by atoms with van der Waals surface area (Å²) in [5, 5.41) is 7.99. The molecule has 0 unspecified atom stereocenters. The minimum atomic E-state index is 0.138. The van der Waals surface area contributed by atoms with Crippen molar-refractivity contribution in [3.8, 4) is 11.5 Å². The summed E-state index contributed by atoms with van der Waals surface area (Å²) in [6.45, 7) is 5.38. The summed E-state index contributed by atoms with van der Waals surface area (Å²) < 4.78 is 10.9. The smallest absolute Gasteiger partial charge is 0.162 e. The van der Waals surface area contributed by atoms with Crippen LogP contribution in [0.15, 0.2) is 73.1 Å². The van der Waals surface area contributed by atoms with Gasteiger partial charge in [0.25, 0.3) is 0 Å². The van der Waals surface area contributed by atoms with Crippen molar-refractivity contribution in [3.63, 3.8) is 0 Å². The maximum atomic E-state index is 5.46. The third-order valence-electron chi connectivity index (χ3n) is 5.51. The van der Waals surface area contributed by atoms with Crippen LogP contribution in [0.3, 0.4) is 0 Å². The normalized spacial score (nSPS) is 12.0. The number of anilines is 2. The Balaban J connectivity index is 1.61. The number of rotatable bonds is 9. The Hall–Kier alpha value is -3.64. The summed E-state index contributed by atoms with van der Waals surface area (Å²) in [6, 6.07) is 22.9. The van der Waals surface area contributed by atoms with Crippen LogP contribution in [0.4, 0.5) is 11.5 Å². The Kier molecular flexibility index (Phi) is 7.05. The van der Waals surface area contributed by atoms with Crippen molar-refractivity contribution in [1.82, 2.24) is 15.3 Å². The summed E-state index contributed by atoms with van der Waals surface area (Å²) >= 11 is 0. The van der Waals surface area contributed by atoms with Crippen molar-refractivity contribution in [3.05, 3.63) is 84.2 Å². The van der Waals surface area contributed by atoms with Crippen LogP contribution >= 0.6 is 0 Å². The summed E-state index contributed by atoms with van der Waals surface area (Å²) in [5.41, 5.74) is 4.20. The largest absolute Gasteiger partial charge is 0.493 e. The minimum Gasteiger partial charge on any atom is -0.493 e. The number of ether oxygens (including phenoxy) is 2. The number of nitrogens with zero attached hydrogens (tertiary/aromatic N) is 2. The molecule has 1 aromatic heterocycles. The van der Waals surface area contributed by atoms with Crippen LogP contribution in [0.2, 0.25) is 0 Å². The predicted octanol–water partition coefficient (Wildman–Crippen LogP) is 5.73.